The summed E-state index contributed by atoms with van der Waals surface area (Å²) in [6, 6.07) is 5.11. The first-order chi connectivity index (χ1) is 13.3. The van der Waals surface area contributed by atoms with Gasteiger partial charge in [0.1, 0.15) is 0 Å². The van der Waals surface area contributed by atoms with Gasteiger partial charge < -0.3 is 10.0 Å². The number of unbranched alkanes of at least 4 members (excludes halogenated alkanes) is 3. The van der Waals surface area contributed by atoms with E-state index in [0.29, 0.717) is 12.1 Å². The molecule has 1 aromatic carbocycles. The third-order valence-electron chi connectivity index (χ3n) is 4.87. The van der Waals surface area contributed by atoms with Crippen LogP contribution in [0.1, 0.15) is 64.5 Å². The SMILES string of the molecule is CCCCCCN1C(=O)C(O)=C(C(=O)CC(C)C)C1c1ccc([N+](=O)[O-])cc1. The number of benzene rings is 1. The van der Waals surface area contributed by atoms with E-state index >= 15 is 0 Å². The average molecular weight is 388 g/mol. The van der Waals surface area contributed by atoms with Crippen molar-refractivity contribution in [3.63, 3.8) is 0 Å². The minimum absolute atomic E-state index is 0.0640. The summed E-state index contributed by atoms with van der Waals surface area (Å²) in [5.74, 6) is -1.23. The fourth-order valence-corrected chi connectivity index (χ4v) is 3.48. The van der Waals surface area contributed by atoms with Gasteiger partial charge in [-0.25, -0.2) is 0 Å². The van der Waals surface area contributed by atoms with E-state index in [0.717, 1.165) is 25.7 Å². The van der Waals surface area contributed by atoms with E-state index in [1.807, 2.05) is 13.8 Å². The molecule has 152 valence electrons. The summed E-state index contributed by atoms with van der Waals surface area (Å²) in [5, 5.41) is 21.4. The van der Waals surface area contributed by atoms with Crippen LogP contribution in [0.4, 0.5) is 5.69 Å². The highest BCUT2D eigenvalue weighted by atomic mass is 16.6. The normalized spacial score (nSPS) is 16.9. The maximum atomic E-state index is 12.8. The van der Waals surface area contributed by atoms with Crippen LogP contribution in [0.25, 0.3) is 0 Å². The molecule has 0 aliphatic carbocycles. The molecule has 1 amide bonds. The first-order valence-electron chi connectivity index (χ1n) is 9.79. The Morgan fingerprint density at radius 3 is 2.39 bits per heavy atom. The fourth-order valence-electron chi connectivity index (χ4n) is 3.48. The van der Waals surface area contributed by atoms with E-state index < -0.39 is 22.6 Å². The highest BCUT2D eigenvalue weighted by molar-refractivity contribution is 6.09. The molecule has 0 aromatic heterocycles. The van der Waals surface area contributed by atoms with E-state index in [1.54, 1.807) is 12.1 Å². The molecule has 1 aromatic rings. The van der Waals surface area contributed by atoms with Crippen molar-refractivity contribution in [3.8, 4) is 0 Å². The quantitative estimate of drug-likeness (QED) is 0.362. The molecular formula is C21H28N2O5. The van der Waals surface area contributed by atoms with Crippen LogP contribution < -0.4 is 0 Å². The van der Waals surface area contributed by atoms with Crippen LogP contribution in [0.2, 0.25) is 0 Å². The molecule has 0 fully saturated rings. The molecule has 0 saturated heterocycles. The third kappa shape index (κ3) is 4.77. The summed E-state index contributed by atoms with van der Waals surface area (Å²) in [7, 11) is 0. The third-order valence-corrected chi connectivity index (χ3v) is 4.87. The zero-order chi connectivity index (χ0) is 20.8. The summed E-state index contributed by atoms with van der Waals surface area (Å²) in [5.41, 5.74) is 0.625. The van der Waals surface area contributed by atoms with Crippen LogP contribution in [0, 0.1) is 16.0 Å². The van der Waals surface area contributed by atoms with Crippen LogP contribution in [0.5, 0.6) is 0 Å². The van der Waals surface area contributed by atoms with E-state index in [9.17, 15) is 24.8 Å². The van der Waals surface area contributed by atoms with Crippen LogP contribution in [0.15, 0.2) is 35.6 Å². The van der Waals surface area contributed by atoms with Crippen molar-refractivity contribution in [2.24, 2.45) is 5.92 Å². The fraction of sp³-hybridized carbons (Fsp3) is 0.524. The number of hydrogen-bond donors (Lipinski definition) is 1. The number of amides is 1. The van der Waals surface area contributed by atoms with Crippen molar-refractivity contribution in [2.45, 2.75) is 58.9 Å². The van der Waals surface area contributed by atoms with Gasteiger partial charge in [0.2, 0.25) is 0 Å². The van der Waals surface area contributed by atoms with Gasteiger partial charge in [-0.05, 0) is 30.0 Å². The van der Waals surface area contributed by atoms with Crippen molar-refractivity contribution in [1.82, 2.24) is 4.90 Å². The Kier molecular flexibility index (Phi) is 7.31. The van der Waals surface area contributed by atoms with Gasteiger partial charge >= 0.3 is 0 Å². The first kappa shape index (κ1) is 21.6. The second-order valence-corrected chi connectivity index (χ2v) is 7.59. The van der Waals surface area contributed by atoms with Crippen LogP contribution in [0.3, 0.4) is 0 Å². The summed E-state index contributed by atoms with van der Waals surface area (Å²) < 4.78 is 0. The number of carbonyl (C=O) groups is 2. The van der Waals surface area contributed by atoms with Gasteiger partial charge in [-0.2, -0.15) is 0 Å². The number of non-ortho nitro benzene ring substituents is 1. The topological polar surface area (TPSA) is 101 Å². The number of nitro groups is 1. The summed E-state index contributed by atoms with van der Waals surface area (Å²) >= 11 is 0. The second kappa shape index (κ2) is 9.48. The van der Waals surface area contributed by atoms with Gasteiger partial charge in [0, 0.05) is 25.1 Å². The van der Waals surface area contributed by atoms with E-state index in [4.69, 9.17) is 0 Å². The zero-order valence-electron chi connectivity index (χ0n) is 16.7. The molecule has 7 nitrogen and oxygen atoms in total. The van der Waals surface area contributed by atoms with Gasteiger partial charge in [-0.1, -0.05) is 40.0 Å². The summed E-state index contributed by atoms with van der Waals surface area (Å²) in [6.45, 7) is 6.31. The maximum absolute atomic E-state index is 12.8. The highest BCUT2D eigenvalue weighted by Gasteiger charge is 2.43. The number of nitro benzene ring substituents is 1. The Hall–Kier alpha value is -2.70. The number of ketones is 1. The van der Waals surface area contributed by atoms with Gasteiger partial charge in [0.05, 0.1) is 16.5 Å². The van der Waals surface area contributed by atoms with Gasteiger partial charge in [-0.15, -0.1) is 0 Å². The van der Waals surface area contributed by atoms with E-state index in [2.05, 4.69) is 6.92 Å². The Balaban J connectivity index is 2.39. The van der Waals surface area contributed by atoms with Crippen molar-refractivity contribution in [3.05, 3.63) is 51.3 Å². The molecular weight excluding hydrogens is 360 g/mol. The molecule has 7 heteroatoms. The molecule has 1 aliphatic rings. The Morgan fingerprint density at radius 2 is 1.86 bits per heavy atom. The number of aliphatic hydroxyl groups is 1. The van der Waals surface area contributed by atoms with Gasteiger partial charge in [-0.3, -0.25) is 19.7 Å². The van der Waals surface area contributed by atoms with Crippen molar-refractivity contribution < 1.29 is 19.6 Å². The van der Waals surface area contributed by atoms with Gasteiger partial charge in [0.15, 0.2) is 11.5 Å². The predicted octanol–water partition coefficient (Wildman–Crippen LogP) is 4.49. The zero-order valence-corrected chi connectivity index (χ0v) is 16.7. The largest absolute Gasteiger partial charge is 0.503 e. The smallest absolute Gasteiger partial charge is 0.290 e. The monoisotopic (exact) mass is 388 g/mol. The van der Waals surface area contributed by atoms with Gasteiger partial charge in [0.25, 0.3) is 11.6 Å². The molecule has 28 heavy (non-hydrogen) atoms. The summed E-state index contributed by atoms with van der Waals surface area (Å²) in [6.07, 6.45) is 4.04. The molecule has 1 aliphatic heterocycles. The number of carbonyl (C=O) groups excluding carboxylic acids is 2. The number of nitrogens with zero attached hydrogens (tertiary/aromatic N) is 2. The number of aliphatic hydroxyl groups excluding tert-OH is 1. The lowest BCUT2D eigenvalue weighted by molar-refractivity contribution is -0.384. The number of hydrogen-bond acceptors (Lipinski definition) is 5. The number of Topliss-reactive ketones (excluding diaryl/α,β-unsaturated/α-hetero) is 1. The average Bonchev–Trinajstić information content (AvgIpc) is 2.89. The van der Waals surface area contributed by atoms with E-state index in [1.165, 1.54) is 17.0 Å². The maximum Gasteiger partial charge on any atom is 0.290 e. The molecule has 1 unspecified atom stereocenters. The highest BCUT2D eigenvalue weighted by Crippen LogP contribution is 2.39. The molecule has 0 spiro atoms. The first-order valence-corrected chi connectivity index (χ1v) is 9.79. The molecule has 1 atom stereocenters. The molecule has 1 heterocycles. The molecule has 0 radical (unpaired) electrons. The van der Waals surface area contributed by atoms with Crippen molar-refractivity contribution >= 4 is 17.4 Å². The lowest BCUT2D eigenvalue weighted by atomic mass is 9.92. The Morgan fingerprint density at radius 1 is 1.21 bits per heavy atom. The van der Waals surface area contributed by atoms with Crippen LogP contribution in [-0.2, 0) is 9.59 Å². The summed E-state index contributed by atoms with van der Waals surface area (Å²) in [4.78, 5) is 37.4. The predicted molar refractivity (Wildman–Crippen MR) is 106 cm³/mol. The minimum atomic E-state index is -0.707. The molecule has 0 bridgehead atoms. The lowest BCUT2D eigenvalue weighted by Gasteiger charge is -2.27. The van der Waals surface area contributed by atoms with Crippen molar-refractivity contribution in [2.75, 3.05) is 6.54 Å². The Bertz CT molecular complexity index is 768. The van der Waals surface area contributed by atoms with Crippen LogP contribution >= 0.6 is 0 Å². The van der Waals surface area contributed by atoms with E-state index in [-0.39, 0.29) is 29.4 Å². The Labute approximate surface area is 165 Å². The van der Waals surface area contributed by atoms with Crippen LogP contribution in [-0.4, -0.2) is 33.2 Å². The molecule has 0 saturated carbocycles. The number of rotatable bonds is 10. The minimum Gasteiger partial charge on any atom is -0.503 e. The lowest BCUT2D eigenvalue weighted by Crippen LogP contribution is -2.32. The standard InChI is InChI=1S/C21H28N2O5/c1-4-5-6-7-12-22-19(15-8-10-16(11-9-15)23(27)28)18(20(25)21(22)26)17(24)13-14(2)3/h8-11,14,19,25H,4-7,12-13H2,1-3H3. The molecule has 1 N–H and O–H groups in total. The van der Waals surface area contributed by atoms with Crippen molar-refractivity contribution in [1.29, 1.82) is 0 Å². The molecule has 2 rings (SSSR count). The second-order valence-electron chi connectivity index (χ2n) is 7.59.